The maximum Gasteiger partial charge on any atom is 0.338 e. The van der Waals surface area contributed by atoms with Gasteiger partial charge < -0.3 is 10.1 Å². The van der Waals surface area contributed by atoms with Crippen molar-refractivity contribution < 1.29 is 22.7 Å². The van der Waals surface area contributed by atoms with Crippen LogP contribution < -0.4 is 10.0 Å². The Morgan fingerprint density at radius 2 is 1.63 bits per heavy atom. The summed E-state index contributed by atoms with van der Waals surface area (Å²) in [6, 6.07) is 11.3. The van der Waals surface area contributed by atoms with Crippen LogP contribution in [-0.2, 0) is 19.6 Å². The van der Waals surface area contributed by atoms with Crippen molar-refractivity contribution in [1.29, 1.82) is 0 Å². The third-order valence-corrected chi connectivity index (χ3v) is 4.93. The van der Waals surface area contributed by atoms with Crippen LogP contribution in [0.15, 0.2) is 53.4 Å². The number of rotatable bonds is 7. The third-order valence-electron chi connectivity index (χ3n) is 3.28. The first-order valence-electron chi connectivity index (χ1n) is 8.02. The largest absolute Gasteiger partial charge is 0.452 e. The summed E-state index contributed by atoms with van der Waals surface area (Å²) in [6.45, 7) is 3.17. The van der Waals surface area contributed by atoms with E-state index in [2.05, 4.69) is 10.0 Å². The molecule has 0 saturated heterocycles. The molecule has 0 aromatic heterocycles. The lowest BCUT2D eigenvalue weighted by molar-refractivity contribution is -0.124. The molecule has 1 amide bonds. The highest BCUT2D eigenvalue weighted by Crippen LogP contribution is 2.19. The van der Waals surface area contributed by atoms with Gasteiger partial charge in [-0.3, -0.25) is 9.52 Å². The van der Waals surface area contributed by atoms with Gasteiger partial charge in [-0.2, -0.15) is 0 Å². The average molecular weight is 411 g/mol. The Morgan fingerprint density at radius 1 is 1.04 bits per heavy atom. The highest BCUT2D eigenvalue weighted by atomic mass is 35.5. The third kappa shape index (κ3) is 6.26. The fourth-order valence-corrected chi connectivity index (χ4v) is 3.26. The van der Waals surface area contributed by atoms with E-state index in [9.17, 15) is 18.0 Å². The molecule has 0 bridgehead atoms. The van der Waals surface area contributed by atoms with Crippen LogP contribution in [-0.4, -0.2) is 32.9 Å². The number of hydrogen-bond acceptors (Lipinski definition) is 5. The smallest absolute Gasteiger partial charge is 0.338 e. The first-order valence-corrected chi connectivity index (χ1v) is 9.88. The second-order valence-corrected chi connectivity index (χ2v) is 8.05. The molecule has 0 heterocycles. The number of anilines is 1. The van der Waals surface area contributed by atoms with Crippen molar-refractivity contribution >= 4 is 39.2 Å². The molecule has 0 spiro atoms. The van der Waals surface area contributed by atoms with Crippen molar-refractivity contribution in [3.8, 4) is 0 Å². The molecule has 0 radical (unpaired) electrons. The van der Waals surface area contributed by atoms with Crippen molar-refractivity contribution in [1.82, 2.24) is 5.32 Å². The lowest BCUT2D eigenvalue weighted by Crippen LogP contribution is -2.33. The number of ether oxygens (including phenoxy) is 1. The van der Waals surface area contributed by atoms with E-state index >= 15 is 0 Å². The summed E-state index contributed by atoms with van der Waals surface area (Å²) in [6.07, 6.45) is 0. The second-order valence-electron chi connectivity index (χ2n) is 5.94. The summed E-state index contributed by atoms with van der Waals surface area (Å²) in [4.78, 5) is 23.4. The minimum absolute atomic E-state index is 0.0217. The quantitative estimate of drug-likeness (QED) is 0.683. The summed E-state index contributed by atoms with van der Waals surface area (Å²) in [7, 11) is -3.82. The number of esters is 1. The van der Waals surface area contributed by atoms with Crippen molar-refractivity contribution in [2.75, 3.05) is 11.3 Å². The molecule has 2 aromatic carbocycles. The molecule has 0 aliphatic heterocycles. The molecule has 0 unspecified atom stereocenters. The summed E-state index contributed by atoms with van der Waals surface area (Å²) in [5, 5.41) is 3.08. The summed E-state index contributed by atoms with van der Waals surface area (Å²) >= 11 is 5.77. The highest BCUT2D eigenvalue weighted by Gasteiger charge is 2.16. The minimum atomic E-state index is -3.82. The van der Waals surface area contributed by atoms with E-state index in [1.165, 1.54) is 36.4 Å². The van der Waals surface area contributed by atoms with E-state index in [0.29, 0.717) is 10.7 Å². The van der Waals surface area contributed by atoms with Crippen LogP contribution in [0.4, 0.5) is 5.69 Å². The van der Waals surface area contributed by atoms with Crippen molar-refractivity contribution in [3.63, 3.8) is 0 Å². The van der Waals surface area contributed by atoms with Gasteiger partial charge in [-0.25, -0.2) is 13.2 Å². The molecule has 0 atom stereocenters. The number of nitrogens with one attached hydrogen (secondary N) is 2. The predicted molar refractivity (Wildman–Crippen MR) is 102 cm³/mol. The van der Waals surface area contributed by atoms with E-state index in [1.54, 1.807) is 26.0 Å². The zero-order chi connectivity index (χ0) is 20.0. The molecule has 2 rings (SSSR count). The van der Waals surface area contributed by atoms with Gasteiger partial charge in [0.05, 0.1) is 10.5 Å². The Hall–Kier alpha value is -2.58. The van der Waals surface area contributed by atoms with Crippen LogP contribution >= 0.6 is 11.6 Å². The predicted octanol–water partition coefficient (Wildman–Crippen LogP) is 2.82. The fourth-order valence-electron chi connectivity index (χ4n) is 2.08. The molecule has 144 valence electrons. The molecule has 9 heteroatoms. The molecule has 0 saturated carbocycles. The Kier molecular flexibility index (Phi) is 6.81. The first kappa shape index (κ1) is 20.7. The van der Waals surface area contributed by atoms with E-state index < -0.39 is 28.5 Å². The van der Waals surface area contributed by atoms with E-state index in [1.807, 2.05) is 0 Å². The van der Waals surface area contributed by atoms with Gasteiger partial charge in [0.15, 0.2) is 6.61 Å². The van der Waals surface area contributed by atoms with Gasteiger partial charge >= 0.3 is 5.97 Å². The maximum absolute atomic E-state index is 12.4. The maximum atomic E-state index is 12.4. The Morgan fingerprint density at radius 3 is 2.19 bits per heavy atom. The molecular weight excluding hydrogens is 392 g/mol. The molecule has 0 fully saturated rings. The molecule has 2 N–H and O–H groups in total. The van der Waals surface area contributed by atoms with Crippen LogP contribution in [0, 0.1) is 0 Å². The van der Waals surface area contributed by atoms with Crippen molar-refractivity contribution in [2.24, 2.45) is 0 Å². The number of sulfonamides is 1. The molecule has 0 aliphatic rings. The summed E-state index contributed by atoms with van der Waals surface area (Å²) in [5.74, 6) is -1.13. The van der Waals surface area contributed by atoms with E-state index in [0.717, 1.165) is 0 Å². The van der Waals surface area contributed by atoms with Gasteiger partial charge in [0, 0.05) is 16.8 Å². The monoisotopic (exact) mass is 410 g/mol. The number of halogens is 1. The fraction of sp³-hybridized carbons (Fsp3) is 0.222. The van der Waals surface area contributed by atoms with Gasteiger partial charge in [-0.1, -0.05) is 11.6 Å². The standard InChI is InChI=1S/C18H19ClN2O5S/c1-12(2)20-17(22)11-26-18(23)13-3-9-16(10-4-13)27(24,25)21-15-7-5-14(19)6-8-15/h3-10,12,21H,11H2,1-2H3,(H,20,22). The molecular formula is C18H19ClN2O5S. The lowest BCUT2D eigenvalue weighted by atomic mass is 10.2. The summed E-state index contributed by atoms with van der Waals surface area (Å²) < 4.78 is 32.1. The van der Waals surface area contributed by atoms with Gasteiger partial charge in [-0.15, -0.1) is 0 Å². The number of hydrogen-bond donors (Lipinski definition) is 2. The summed E-state index contributed by atoms with van der Waals surface area (Å²) in [5.41, 5.74) is 0.497. The molecule has 2 aromatic rings. The zero-order valence-corrected chi connectivity index (χ0v) is 16.3. The van der Waals surface area contributed by atoms with Crippen LogP contribution in [0.1, 0.15) is 24.2 Å². The SMILES string of the molecule is CC(C)NC(=O)COC(=O)c1ccc(S(=O)(=O)Nc2ccc(Cl)cc2)cc1. The second kappa shape index (κ2) is 8.88. The van der Waals surface area contributed by atoms with Crippen molar-refractivity contribution in [2.45, 2.75) is 24.8 Å². The molecule has 27 heavy (non-hydrogen) atoms. The van der Waals surface area contributed by atoms with Crippen LogP contribution in [0.2, 0.25) is 5.02 Å². The topological polar surface area (TPSA) is 102 Å². The van der Waals surface area contributed by atoms with Gasteiger partial charge in [-0.05, 0) is 62.4 Å². The molecule has 7 nitrogen and oxygen atoms in total. The number of carbonyl (C=O) groups excluding carboxylic acids is 2. The number of amides is 1. The zero-order valence-electron chi connectivity index (χ0n) is 14.7. The van der Waals surface area contributed by atoms with Gasteiger partial charge in [0.2, 0.25) is 0 Å². The minimum Gasteiger partial charge on any atom is -0.452 e. The van der Waals surface area contributed by atoms with E-state index in [4.69, 9.17) is 16.3 Å². The number of benzene rings is 2. The first-order chi connectivity index (χ1) is 12.7. The highest BCUT2D eigenvalue weighted by molar-refractivity contribution is 7.92. The number of carbonyl (C=O) groups is 2. The van der Waals surface area contributed by atoms with Crippen molar-refractivity contribution in [3.05, 3.63) is 59.1 Å². The average Bonchev–Trinajstić information content (AvgIpc) is 2.61. The van der Waals surface area contributed by atoms with Gasteiger partial charge in [0.1, 0.15) is 0 Å². The Balaban J connectivity index is 2.01. The lowest BCUT2D eigenvalue weighted by Gasteiger charge is -2.10. The molecule has 0 aliphatic carbocycles. The van der Waals surface area contributed by atoms with Crippen LogP contribution in [0.3, 0.4) is 0 Å². The van der Waals surface area contributed by atoms with Crippen LogP contribution in [0.5, 0.6) is 0 Å². The Bertz CT molecular complexity index is 910. The van der Waals surface area contributed by atoms with E-state index in [-0.39, 0.29) is 16.5 Å². The van der Waals surface area contributed by atoms with Gasteiger partial charge in [0.25, 0.3) is 15.9 Å². The van der Waals surface area contributed by atoms with Crippen LogP contribution in [0.25, 0.3) is 0 Å². The Labute approximate surface area is 162 Å². The normalized spacial score (nSPS) is 11.1.